The number of carboxylic acid groups (broad SMARTS) is 1. The number of rotatable bonds is 1. The van der Waals surface area contributed by atoms with Crippen LogP contribution in [0.15, 0.2) is 12.2 Å². The molecule has 1 N–H and O–H groups in total. The van der Waals surface area contributed by atoms with Crippen LogP contribution in [-0.2, 0) is 9.53 Å². The van der Waals surface area contributed by atoms with Crippen molar-refractivity contribution in [1.29, 1.82) is 0 Å². The summed E-state index contributed by atoms with van der Waals surface area (Å²) < 4.78 is 4.70. The van der Waals surface area contributed by atoms with Gasteiger partial charge in [-0.05, 0) is 6.08 Å². The van der Waals surface area contributed by atoms with Crippen molar-refractivity contribution in [3.05, 3.63) is 12.2 Å². The maximum absolute atomic E-state index is 10.0. The largest absolute Gasteiger partial charge is 0.479 e. The van der Waals surface area contributed by atoms with E-state index in [1.807, 2.05) is 0 Å². The molecule has 1 atom stereocenters. The van der Waals surface area contributed by atoms with Crippen molar-refractivity contribution in [2.45, 2.75) is 6.10 Å². The molecule has 0 spiro atoms. The SMILES string of the molecule is O=C(O)C1C=CCO1. The van der Waals surface area contributed by atoms with Gasteiger partial charge in [-0.3, -0.25) is 0 Å². The van der Waals surface area contributed by atoms with Gasteiger partial charge in [-0.2, -0.15) is 0 Å². The number of hydrogen-bond acceptors (Lipinski definition) is 2. The molecule has 8 heavy (non-hydrogen) atoms. The van der Waals surface area contributed by atoms with E-state index < -0.39 is 12.1 Å². The monoisotopic (exact) mass is 114 g/mol. The van der Waals surface area contributed by atoms with Gasteiger partial charge in [-0.1, -0.05) is 6.08 Å². The number of aliphatic carboxylic acids is 1. The highest BCUT2D eigenvalue weighted by molar-refractivity contribution is 5.75. The van der Waals surface area contributed by atoms with Crippen molar-refractivity contribution in [1.82, 2.24) is 0 Å². The Morgan fingerprint density at radius 1 is 1.88 bits per heavy atom. The molecule has 3 nitrogen and oxygen atoms in total. The van der Waals surface area contributed by atoms with Crippen molar-refractivity contribution in [3.63, 3.8) is 0 Å². The first-order valence-corrected chi connectivity index (χ1v) is 2.32. The quantitative estimate of drug-likeness (QED) is 0.489. The molecule has 3 heteroatoms. The van der Waals surface area contributed by atoms with Crippen molar-refractivity contribution in [3.8, 4) is 0 Å². The summed E-state index contributed by atoms with van der Waals surface area (Å²) in [6.07, 6.45) is 2.52. The summed E-state index contributed by atoms with van der Waals surface area (Å²) in [4.78, 5) is 10.0. The summed E-state index contributed by atoms with van der Waals surface area (Å²) in [5, 5.41) is 8.24. The van der Waals surface area contributed by atoms with Gasteiger partial charge >= 0.3 is 5.97 Å². The highest BCUT2D eigenvalue weighted by Crippen LogP contribution is 2.01. The molecule has 1 heterocycles. The highest BCUT2D eigenvalue weighted by atomic mass is 16.5. The molecule has 0 amide bonds. The van der Waals surface area contributed by atoms with Crippen molar-refractivity contribution in [2.75, 3.05) is 6.61 Å². The lowest BCUT2D eigenvalue weighted by Crippen LogP contribution is -2.17. The van der Waals surface area contributed by atoms with Crippen LogP contribution in [0.3, 0.4) is 0 Å². The lowest BCUT2D eigenvalue weighted by molar-refractivity contribution is -0.145. The van der Waals surface area contributed by atoms with E-state index in [1.54, 1.807) is 6.08 Å². The molecular weight excluding hydrogens is 108 g/mol. The molecule has 1 aliphatic heterocycles. The molecule has 0 bridgehead atoms. The minimum absolute atomic E-state index is 0.428. The second kappa shape index (κ2) is 1.96. The first kappa shape index (κ1) is 5.31. The molecule has 1 aliphatic rings. The maximum Gasteiger partial charge on any atom is 0.336 e. The Morgan fingerprint density at radius 3 is 2.88 bits per heavy atom. The van der Waals surface area contributed by atoms with Gasteiger partial charge in [0.1, 0.15) is 0 Å². The van der Waals surface area contributed by atoms with Crippen LogP contribution in [0.4, 0.5) is 0 Å². The molecule has 0 radical (unpaired) electrons. The molecule has 1 rings (SSSR count). The molecule has 44 valence electrons. The number of carbonyl (C=O) groups is 1. The Bertz CT molecular complexity index is 128. The smallest absolute Gasteiger partial charge is 0.336 e. The van der Waals surface area contributed by atoms with Crippen LogP contribution < -0.4 is 0 Å². The van der Waals surface area contributed by atoms with Gasteiger partial charge in [-0.25, -0.2) is 4.79 Å². The molecule has 0 saturated carbocycles. The van der Waals surface area contributed by atoms with E-state index in [9.17, 15) is 4.79 Å². The first-order chi connectivity index (χ1) is 3.80. The second-order valence-corrected chi connectivity index (χ2v) is 1.52. The topological polar surface area (TPSA) is 46.5 Å². The fraction of sp³-hybridized carbons (Fsp3) is 0.400. The third kappa shape index (κ3) is 0.869. The molecule has 0 aromatic heterocycles. The number of carboxylic acids is 1. The molecular formula is C5H6O3. The summed E-state index contributed by atoms with van der Waals surface area (Å²) in [6.45, 7) is 0.428. The molecule has 1 unspecified atom stereocenters. The van der Waals surface area contributed by atoms with Crippen molar-refractivity contribution >= 4 is 5.97 Å². The summed E-state index contributed by atoms with van der Waals surface area (Å²) in [5.41, 5.74) is 0. The molecule has 0 saturated heterocycles. The lowest BCUT2D eigenvalue weighted by atomic mass is 10.4. The second-order valence-electron chi connectivity index (χ2n) is 1.52. The van der Waals surface area contributed by atoms with Crippen molar-refractivity contribution in [2.24, 2.45) is 0 Å². The van der Waals surface area contributed by atoms with Gasteiger partial charge in [0, 0.05) is 0 Å². The third-order valence-electron chi connectivity index (χ3n) is 0.926. The fourth-order valence-electron chi connectivity index (χ4n) is 0.548. The Labute approximate surface area is 46.6 Å². The maximum atomic E-state index is 10.0. The van der Waals surface area contributed by atoms with Gasteiger partial charge in [0.15, 0.2) is 6.10 Å². The normalized spacial score (nSPS) is 26.2. The molecule has 0 aromatic rings. The van der Waals surface area contributed by atoms with Crippen LogP contribution in [0, 0.1) is 0 Å². The number of hydrogen-bond donors (Lipinski definition) is 1. The van der Waals surface area contributed by atoms with Gasteiger partial charge in [0.25, 0.3) is 0 Å². The Balaban J connectivity index is 2.48. The molecule has 0 fully saturated rings. The zero-order valence-electron chi connectivity index (χ0n) is 4.20. The van der Waals surface area contributed by atoms with Crippen LogP contribution in [-0.4, -0.2) is 23.8 Å². The van der Waals surface area contributed by atoms with E-state index in [4.69, 9.17) is 9.84 Å². The Morgan fingerprint density at radius 2 is 2.62 bits per heavy atom. The van der Waals surface area contributed by atoms with Crippen LogP contribution in [0.25, 0.3) is 0 Å². The van der Waals surface area contributed by atoms with Crippen molar-refractivity contribution < 1.29 is 14.6 Å². The van der Waals surface area contributed by atoms with Gasteiger partial charge < -0.3 is 9.84 Å². The zero-order valence-corrected chi connectivity index (χ0v) is 4.20. The van der Waals surface area contributed by atoms with E-state index in [0.717, 1.165) is 0 Å². The molecule has 0 aromatic carbocycles. The average molecular weight is 114 g/mol. The minimum Gasteiger partial charge on any atom is -0.479 e. The Hall–Kier alpha value is -0.830. The van der Waals surface area contributed by atoms with E-state index in [0.29, 0.717) is 6.61 Å². The fourth-order valence-corrected chi connectivity index (χ4v) is 0.548. The highest BCUT2D eigenvalue weighted by Gasteiger charge is 2.16. The van der Waals surface area contributed by atoms with E-state index >= 15 is 0 Å². The van der Waals surface area contributed by atoms with Gasteiger partial charge in [-0.15, -0.1) is 0 Å². The van der Waals surface area contributed by atoms with Gasteiger partial charge in [0.05, 0.1) is 6.61 Å². The predicted octanol–water partition coefficient (Wildman–Crippen LogP) is 0.0260. The van der Waals surface area contributed by atoms with Crippen LogP contribution >= 0.6 is 0 Å². The van der Waals surface area contributed by atoms with Crippen LogP contribution in [0.1, 0.15) is 0 Å². The van der Waals surface area contributed by atoms with Crippen LogP contribution in [0.2, 0.25) is 0 Å². The average Bonchev–Trinajstić information content (AvgIpc) is 2.12. The van der Waals surface area contributed by atoms with Crippen LogP contribution in [0.5, 0.6) is 0 Å². The van der Waals surface area contributed by atoms with Gasteiger partial charge in [0.2, 0.25) is 0 Å². The predicted molar refractivity (Wildman–Crippen MR) is 26.5 cm³/mol. The standard InChI is InChI=1S/C5H6O3/c6-5(7)4-2-1-3-8-4/h1-2,4H,3H2,(H,6,7). The minimum atomic E-state index is -0.918. The first-order valence-electron chi connectivity index (χ1n) is 2.32. The number of ether oxygens (including phenoxy) is 1. The van der Waals surface area contributed by atoms with E-state index in [1.165, 1.54) is 6.08 Å². The Kier molecular flexibility index (Phi) is 1.30. The summed E-state index contributed by atoms with van der Waals surface area (Å²) in [5.74, 6) is -0.918. The summed E-state index contributed by atoms with van der Waals surface area (Å²) in [6, 6.07) is 0. The lowest BCUT2D eigenvalue weighted by Gasteiger charge is -1.97. The summed E-state index contributed by atoms with van der Waals surface area (Å²) in [7, 11) is 0. The molecule has 0 aliphatic carbocycles. The zero-order chi connectivity index (χ0) is 5.98. The van der Waals surface area contributed by atoms with E-state index in [-0.39, 0.29) is 0 Å². The third-order valence-corrected chi connectivity index (χ3v) is 0.926. The summed E-state index contributed by atoms with van der Waals surface area (Å²) >= 11 is 0. The van der Waals surface area contributed by atoms with E-state index in [2.05, 4.69) is 0 Å².